The Morgan fingerprint density at radius 2 is 1.75 bits per heavy atom. The summed E-state index contributed by atoms with van der Waals surface area (Å²) in [5, 5.41) is 5.94. The van der Waals surface area contributed by atoms with Crippen molar-refractivity contribution in [1.29, 1.82) is 0 Å². The highest BCUT2D eigenvalue weighted by Crippen LogP contribution is 2.23. The van der Waals surface area contributed by atoms with Crippen molar-refractivity contribution in [3.8, 4) is 0 Å². The molecule has 0 bridgehead atoms. The maximum absolute atomic E-state index is 6.50. The van der Waals surface area contributed by atoms with E-state index in [1.54, 1.807) is 0 Å². The van der Waals surface area contributed by atoms with Gasteiger partial charge in [0.25, 0.3) is 0 Å². The first-order valence-corrected chi connectivity index (χ1v) is 7.45. The van der Waals surface area contributed by atoms with Crippen molar-refractivity contribution in [2.24, 2.45) is 5.73 Å². The fourth-order valence-corrected chi connectivity index (χ4v) is 3.01. The molecule has 20 heavy (non-hydrogen) atoms. The number of fused-ring (bicyclic) bond motifs is 1. The van der Waals surface area contributed by atoms with Crippen LogP contribution in [0.3, 0.4) is 0 Å². The SMILES string of the molecule is CC(C(N)c1ccc2ccccc2c1)N1CCNCC1. The van der Waals surface area contributed by atoms with Crippen LogP contribution in [0.25, 0.3) is 10.8 Å². The molecule has 1 heterocycles. The molecule has 106 valence electrons. The fraction of sp³-hybridized carbons (Fsp3) is 0.412. The molecule has 1 aliphatic heterocycles. The number of nitrogens with zero attached hydrogens (tertiary/aromatic N) is 1. The molecule has 1 saturated heterocycles. The first kappa shape index (κ1) is 13.6. The van der Waals surface area contributed by atoms with E-state index in [0.717, 1.165) is 26.2 Å². The van der Waals surface area contributed by atoms with Gasteiger partial charge in [0.2, 0.25) is 0 Å². The molecule has 2 aromatic carbocycles. The first-order valence-electron chi connectivity index (χ1n) is 7.45. The van der Waals surface area contributed by atoms with Gasteiger partial charge in [0.15, 0.2) is 0 Å². The van der Waals surface area contributed by atoms with Gasteiger partial charge in [0.05, 0.1) is 0 Å². The number of nitrogens with two attached hydrogens (primary N) is 1. The topological polar surface area (TPSA) is 41.3 Å². The summed E-state index contributed by atoms with van der Waals surface area (Å²) in [5.74, 6) is 0. The highest BCUT2D eigenvalue weighted by molar-refractivity contribution is 5.83. The third-order valence-electron chi connectivity index (χ3n) is 4.41. The van der Waals surface area contributed by atoms with Gasteiger partial charge in [0, 0.05) is 38.3 Å². The summed E-state index contributed by atoms with van der Waals surface area (Å²) in [6.07, 6.45) is 0. The average molecular weight is 269 g/mol. The van der Waals surface area contributed by atoms with Crippen LogP contribution in [0.1, 0.15) is 18.5 Å². The van der Waals surface area contributed by atoms with Crippen LogP contribution >= 0.6 is 0 Å². The molecule has 2 aromatic rings. The summed E-state index contributed by atoms with van der Waals surface area (Å²) < 4.78 is 0. The van der Waals surface area contributed by atoms with Gasteiger partial charge in [-0.1, -0.05) is 36.4 Å². The zero-order valence-electron chi connectivity index (χ0n) is 12.0. The second-order valence-electron chi connectivity index (χ2n) is 5.66. The quantitative estimate of drug-likeness (QED) is 0.897. The van der Waals surface area contributed by atoms with E-state index >= 15 is 0 Å². The van der Waals surface area contributed by atoms with Crippen LogP contribution in [0.2, 0.25) is 0 Å². The Labute approximate surface area is 120 Å². The first-order chi connectivity index (χ1) is 9.75. The molecular formula is C17H23N3. The zero-order chi connectivity index (χ0) is 13.9. The predicted octanol–water partition coefficient (Wildman–Crippen LogP) is 2.13. The van der Waals surface area contributed by atoms with E-state index in [0.29, 0.717) is 6.04 Å². The second kappa shape index (κ2) is 5.92. The molecule has 2 unspecified atom stereocenters. The molecule has 1 aliphatic rings. The minimum absolute atomic E-state index is 0.0673. The lowest BCUT2D eigenvalue weighted by molar-refractivity contribution is 0.163. The van der Waals surface area contributed by atoms with Gasteiger partial charge in [-0.25, -0.2) is 0 Å². The maximum Gasteiger partial charge on any atom is 0.0450 e. The minimum atomic E-state index is 0.0673. The van der Waals surface area contributed by atoms with Crippen LogP contribution in [0.5, 0.6) is 0 Å². The van der Waals surface area contributed by atoms with E-state index in [1.165, 1.54) is 16.3 Å². The van der Waals surface area contributed by atoms with E-state index in [4.69, 9.17) is 5.73 Å². The number of benzene rings is 2. The molecule has 1 fully saturated rings. The van der Waals surface area contributed by atoms with Crippen molar-refractivity contribution >= 4 is 10.8 Å². The molecule has 0 radical (unpaired) electrons. The summed E-state index contributed by atoms with van der Waals surface area (Å²) in [7, 11) is 0. The van der Waals surface area contributed by atoms with E-state index in [2.05, 4.69) is 59.6 Å². The average Bonchev–Trinajstić information content (AvgIpc) is 2.54. The van der Waals surface area contributed by atoms with Crippen molar-refractivity contribution < 1.29 is 0 Å². The lowest BCUT2D eigenvalue weighted by atomic mass is 9.97. The minimum Gasteiger partial charge on any atom is -0.323 e. The van der Waals surface area contributed by atoms with E-state index in [9.17, 15) is 0 Å². The van der Waals surface area contributed by atoms with Gasteiger partial charge >= 0.3 is 0 Å². The van der Waals surface area contributed by atoms with Gasteiger partial charge in [-0.05, 0) is 29.3 Å². The second-order valence-corrected chi connectivity index (χ2v) is 5.66. The van der Waals surface area contributed by atoms with Crippen LogP contribution in [0.15, 0.2) is 42.5 Å². The van der Waals surface area contributed by atoms with Crippen LogP contribution in [0.4, 0.5) is 0 Å². The molecule has 3 heteroatoms. The summed E-state index contributed by atoms with van der Waals surface area (Å²) in [5.41, 5.74) is 7.73. The zero-order valence-corrected chi connectivity index (χ0v) is 12.0. The monoisotopic (exact) mass is 269 g/mol. The van der Waals surface area contributed by atoms with E-state index in [-0.39, 0.29) is 6.04 Å². The predicted molar refractivity (Wildman–Crippen MR) is 84.8 cm³/mol. The van der Waals surface area contributed by atoms with E-state index in [1.807, 2.05) is 0 Å². The van der Waals surface area contributed by atoms with Gasteiger partial charge in [0.1, 0.15) is 0 Å². The number of hydrogen-bond donors (Lipinski definition) is 2. The Hall–Kier alpha value is -1.42. The highest BCUT2D eigenvalue weighted by atomic mass is 15.2. The van der Waals surface area contributed by atoms with Crippen molar-refractivity contribution in [2.75, 3.05) is 26.2 Å². The number of nitrogens with one attached hydrogen (secondary N) is 1. The van der Waals surface area contributed by atoms with Gasteiger partial charge in [-0.15, -0.1) is 0 Å². The van der Waals surface area contributed by atoms with Crippen LogP contribution in [-0.2, 0) is 0 Å². The van der Waals surface area contributed by atoms with Crippen LogP contribution in [0, 0.1) is 0 Å². The van der Waals surface area contributed by atoms with Gasteiger partial charge in [-0.2, -0.15) is 0 Å². The Kier molecular flexibility index (Phi) is 4.01. The van der Waals surface area contributed by atoms with Crippen LogP contribution < -0.4 is 11.1 Å². The fourth-order valence-electron chi connectivity index (χ4n) is 3.01. The summed E-state index contributed by atoms with van der Waals surface area (Å²) in [4.78, 5) is 2.48. The Morgan fingerprint density at radius 1 is 1.05 bits per heavy atom. The Balaban J connectivity index is 1.81. The van der Waals surface area contributed by atoms with Crippen molar-refractivity contribution in [1.82, 2.24) is 10.2 Å². The highest BCUT2D eigenvalue weighted by Gasteiger charge is 2.23. The van der Waals surface area contributed by atoms with Crippen molar-refractivity contribution in [3.05, 3.63) is 48.0 Å². The maximum atomic E-state index is 6.50. The third-order valence-corrected chi connectivity index (χ3v) is 4.41. The van der Waals surface area contributed by atoms with E-state index < -0.39 is 0 Å². The molecule has 2 atom stereocenters. The summed E-state index contributed by atoms with van der Waals surface area (Å²) in [6.45, 7) is 6.54. The van der Waals surface area contributed by atoms with Crippen molar-refractivity contribution in [2.45, 2.75) is 19.0 Å². The molecule has 0 aliphatic carbocycles. The molecule has 3 N–H and O–H groups in total. The molecular weight excluding hydrogens is 246 g/mol. The van der Waals surface area contributed by atoms with Crippen molar-refractivity contribution in [3.63, 3.8) is 0 Å². The largest absolute Gasteiger partial charge is 0.323 e. The standard InChI is InChI=1S/C17H23N3/c1-13(20-10-8-19-9-11-20)17(18)16-7-6-14-4-2-3-5-15(14)12-16/h2-7,12-13,17,19H,8-11,18H2,1H3. The Morgan fingerprint density at radius 3 is 2.50 bits per heavy atom. The normalized spacial score (nSPS) is 19.9. The lowest BCUT2D eigenvalue weighted by Crippen LogP contribution is -2.50. The molecule has 0 spiro atoms. The van der Waals surface area contributed by atoms with Gasteiger partial charge in [-0.3, -0.25) is 4.90 Å². The molecule has 0 saturated carbocycles. The number of rotatable bonds is 3. The molecule has 3 nitrogen and oxygen atoms in total. The molecule has 0 amide bonds. The molecule has 3 rings (SSSR count). The Bertz CT molecular complexity index is 575. The molecule has 0 aromatic heterocycles. The summed E-state index contributed by atoms with van der Waals surface area (Å²) >= 11 is 0. The third kappa shape index (κ3) is 2.70. The number of piperazine rings is 1. The smallest absolute Gasteiger partial charge is 0.0450 e. The number of hydrogen-bond acceptors (Lipinski definition) is 3. The van der Waals surface area contributed by atoms with Gasteiger partial charge < -0.3 is 11.1 Å². The van der Waals surface area contributed by atoms with Crippen LogP contribution in [-0.4, -0.2) is 37.1 Å². The summed E-state index contributed by atoms with van der Waals surface area (Å²) in [6, 6.07) is 15.5. The lowest BCUT2D eigenvalue weighted by Gasteiger charge is -2.36.